The van der Waals surface area contributed by atoms with Crippen molar-refractivity contribution in [2.24, 2.45) is 0 Å². The van der Waals surface area contributed by atoms with Crippen molar-refractivity contribution < 1.29 is 19.1 Å². The highest BCUT2D eigenvalue weighted by molar-refractivity contribution is 5.93. The molecule has 2 rings (SSSR count). The second-order valence-corrected chi connectivity index (χ2v) is 6.49. The standard InChI is InChI=1S/C19H28N4O4/c1-4-17(24)22-16-7-6-15(12-13(16)3)21-18(25)20-14-8-10-23(11-9-14)19(26)27-5-2/h6-7,12,14H,4-5,8-11H2,1-3H3,(H,22,24)(H2,20,21,25). The van der Waals surface area contributed by atoms with Crippen LogP contribution in [0.2, 0.25) is 0 Å². The van der Waals surface area contributed by atoms with E-state index in [-0.39, 0.29) is 24.1 Å². The molecule has 0 radical (unpaired) electrons. The van der Waals surface area contributed by atoms with Crippen LogP contribution in [0.25, 0.3) is 0 Å². The molecule has 1 aromatic rings. The molecule has 0 aliphatic carbocycles. The highest BCUT2D eigenvalue weighted by Gasteiger charge is 2.24. The molecule has 1 aliphatic heterocycles. The average molecular weight is 376 g/mol. The molecule has 8 nitrogen and oxygen atoms in total. The highest BCUT2D eigenvalue weighted by Crippen LogP contribution is 2.20. The van der Waals surface area contributed by atoms with Gasteiger partial charge in [0.2, 0.25) is 5.91 Å². The van der Waals surface area contributed by atoms with Gasteiger partial charge in [-0.15, -0.1) is 0 Å². The van der Waals surface area contributed by atoms with Gasteiger partial charge in [0.15, 0.2) is 0 Å². The second-order valence-electron chi connectivity index (χ2n) is 6.49. The summed E-state index contributed by atoms with van der Waals surface area (Å²) >= 11 is 0. The van der Waals surface area contributed by atoms with E-state index in [1.54, 1.807) is 30.9 Å². The number of hydrogen-bond donors (Lipinski definition) is 3. The molecule has 27 heavy (non-hydrogen) atoms. The lowest BCUT2D eigenvalue weighted by molar-refractivity contribution is -0.115. The van der Waals surface area contributed by atoms with Crippen LogP contribution in [0.15, 0.2) is 18.2 Å². The Morgan fingerprint density at radius 3 is 2.44 bits per heavy atom. The van der Waals surface area contributed by atoms with Crippen molar-refractivity contribution >= 4 is 29.4 Å². The van der Waals surface area contributed by atoms with Crippen LogP contribution < -0.4 is 16.0 Å². The Hall–Kier alpha value is -2.77. The number of benzene rings is 1. The van der Waals surface area contributed by atoms with E-state index < -0.39 is 0 Å². The fraction of sp³-hybridized carbons (Fsp3) is 0.526. The predicted molar refractivity (Wildman–Crippen MR) is 104 cm³/mol. The summed E-state index contributed by atoms with van der Waals surface area (Å²) < 4.78 is 4.99. The van der Waals surface area contributed by atoms with Crippen molar-refractivity contribution in [3.8, 4) is 0 Å². The number of piperidine rings is 1. The normalized spacial score (nSPS) is 14.4. The predicted octanol–water partition coefficient (Wildman–Crippen LogP) is 3.09. The maximum atomic E-state index is 12.2. The molecule has 4 amide bonds. The first-order valence-electron chi connectivity index (χ1n) is 9.32. The Morgan fingerprint density at radius 1 is 1.15 bits per heavy atom. The highest BCUT2D eigenvalue weighted by atomic mass is 16.6. The minimum Gasteiger partial charge on any atom is -0.450 e. The van der Waals surface area contributed by atoms with Crippen LogP contribution in [0.3, 0.4) is 0 Å². The van der Waals surface area contributed by atoms with Crippen LogP contribution >= 0.6 is 0 Å². The number of hydrogen-bond acceptors (Lipinski definition) is 4. The van der Waals surface area contributed by atoms with E-state index in [2.05, 4.69) is 16.0 Å². The number of nitrogens with one attached hydrogen (secondary N) is 3. The molecular formula is C19H28N4O4. The van der Waals surface area contributed by atoms with Crippen LogP contribution in [0.4, 0.5) is 21.0 Å². The fourth-order valence-electron chi connectivity index (χ4n) is 2.89. The number of anilines is 2. The van der Waals surface area contributed by atoms with Crippen LogP contribution in [0.5, 0.6) is 0 Å². The zero-order valence-corrected chi connectivity index (χ0v) is 16.1. The molecule has 0 bridgehead atoms. The van der Waals surface area contributed by atoms with Crippen molar-refractivity contribution in [3.63, 3.8) is 0 Å². The van der Waals surface area contributed by atoms with E-state index in [1.165, 1.54) is 0 Å². The summed E-state index contributed by atoms with van der Waals surface area (Å²) in [6, 6.07) is 5.07. The van der Waals surface area contributed by atoms with Gasteiger partial charge in [-0.2, -0.15) is 0 Å². The third-order valence-corrected chi connectivity index (χ3v) is 4.44. The van der Waals surface area contributed by atoms with Gasteiger partial charge in [0, 0.05) is 36.9 Å². The van der Waals surface area contributed by atoms with E-state index in [4.69, 9.17) is 4.74 Å². The zero-order valence-electron chi connectivity index (χ0n) is 16.1. The number of amides is 4. The minimum atomic E-state index is -0.300. The van der Waals surface area contributed by atoms with E-state index in [1.807, 2.05) is 13.0 Å². The number of rotatable bonds is 5. The number of aryl methyl sites for hydroxylation is 1. The van der Waals surface area contributed by atoms with Crippen molar-refractivity contribution in [3.05, 3.63) is 23.8 Å². The first-order valence-corrected chi connectivity index (χ1v) is 9.32. The summed E-state index contributed by atoms with van der Waals surface area (Å²) in [6.07, 6.45) is 1.49. The maximum Gasteiger partial charge on any atom is 0.409 e. The second kappa shape index (κ2) is 9.80. The molecular weight excluding hydrogens is 348 g/mol. The molecule has 0 saturated carbocycles. The van der Waals surface area contributed by atoms with Crippen molar-refractivity contribution in [2.45, 2.75) is 46.1 Å². The van der Waals surface area contributed by atoms with Crippen molar-refractivity contribution in [1.82, 2.24) is 10.2 Å². The summed E-state index contributed by atoms with van der Waals surface area (Å²) in [4.78, 5) is 37.1. The molecule has 1 fully saturated rings. The molecule has 1 heterocycles. The molecule has 148 valence electrons. The van der Waals surface area contributed by atoms with Gasteiger partial charge in [0.25, 0.3) is 0 Å². The first-order chi connectivity index (χ1) is 12.9. The maximum absolute atomic E-state index is 12.2. The molecule has 1 aliphatic rings. The molecule has 3 N–H and O–H groups in total. The van der Waals surface area contributed by atoms with Crippen LogP contribution in [-0.2, 0) is 9.53 Å². The first kappa shape index (κ1) is 20.5. The number of ether oxygens (including phenoxy) is 1. The Bertz CT molecular complexity index is 684. The van der Waals surface area contributed by atoms with E-state index in [9.17, 15) is 14.4 Å². The Balaban J connectivity index is 1.81. The van der Waals surface area contributed by atoms with Gasteiger partial charge in [-0.25, -0.2) is 9.59 Å². The average Bonchev–Trinajstić information content (AvgIpc) is 2.64. The SMILES string of the molecule is CCOC(=O)N1CCC(NC(=O)Nc2ccc(NC(=O)CC)c(C)c2)CC1. The third-order valence-electron chi connectivity index (χ3n) is 4.44. The Morgan fingerprint density at radius 2 is 1.85 bits per heavy atom. The summed E-state index contributed by atoms with van der Waals surface area (Å²) in [7, 11) is 0. The number of carbonyl (C=O) groups excluding carboxylic acids is 3. The quantitative estimate of drug-likeness (QED) is 0.735. The molecule has 8 heteroatoms. The molecule has 1 saturated heterocycles. The number of carbonyl (C=O) groups is 3. The number of likely N-dealkylation sites (tertiary alicyclic amines) is 1. The molecule has 0 atom stereocenters. The van der Waals surface area contributed by atoms with E-state index >= 15 is 0 Å². The molecule has 0 aromatic heterocycles. The van der Waals surface area contributed by atoms with Gasteiger partial charge in [-0.1, -0.05) is 6.92 Å². The molecule has 0 unspecified atom stereocenters. The third kappa shape index (κ3) is 6.16. The largest absolute Gasteiger partial charge is 0.450 e. The van der Waals surface area contributed by atoms with Crippen molar-refractivity contribution in [1.29, 1.82) is 0 Å². The van der Waals surface area contributed by atoms with Gasteiger partial charge in [-0.3, -0.25) is 4.79 Å². The Labute approximate surface area is 159 Å². The van der Waals surface area contributed by atoms with Crippen LogP contribution in [-0.4, -0.2) is 48.7 Å². The lowest BCUT2D eigenvalue weighted by atomic mass is 10.1. The fourth-order valence-corrected chi connectivity index (χ4v) is 2.89. The van der Waals surface area contributed by atoms with Gasteiger partial charge >= 0.3 is 12.1 Å². The lowest BCUT2D eigenvalue weighted by Gasteiger charge is -2.31. The zero-order chi connectivity index (χ0) is 19.8. The lowest BCUT2D eigenvalue weighted by Crippen LogP contribution is -2.47. The summed E-state index contributed by atoms with van der Waals surface area (Å²) in [5, 5.41) is 8.57. The molecule has 0 spiro atoms. The van der Waals surface area contributed by atoms with Crippen LogP contribution in [0, 0.1) is 6.92 Å². The van der Waals surface area contributed by atoms with Crippen LogP contribution in [0.1, 0.15) is 38.7 Å². The van der Waals surface area contributed by atoms with E-state index in [0.29, 0.717) is 44.6 Å². The summed E-state index contributed by atoms with van der Waals surface area (Å²) in [5.41, 5.74) is 2.26. The van der Waals surface area contributed by atoms with Gasteiger partial charge in [0.05, 0.1) is 6.61 Å². The van der Waals surface area contributed by atoms with Gasteiger partial charge < -0.3 is 25.6 Å². The summed E-state index contributed by atoms with van der Waals surface area (Å²) in [5.74, 6) is -0.0503. The molecule has 1 aromatic carbocycles. The van der Waals surface area contributed by atoms with Gasteiger partial charge in [-0.05, 0) is 50.5 Å². The monoisotopic (exact) mass is 376 g/mol. The minimum absolute atomic E-state index is 0.0138. The van der Waals surface area contributed by atoms with E-state index in [0.717, 1.165) is 11.3 Å². The van der Waals surface area contributed by atoms with Crippen molar-refractivity contribution in [2.75, 3.05) is 30.3 Å². The summed E-state index contributed by atoms with van der Waals surface area (Å²) in [6.45, 7) is 6.94. The Kier molecular flexibility index (Phi) is 7.45. The topological polar surface area (TPSA) is 99.8 Å². The smallest absolute Gasteiger partial charge is 0.409 e. The number of urea groups is 1. The number of nitrogens with zero attached hydrogens (tertiary/aromatic N) is 1. The van der Waals surface area contributed by atoms with Gasteiger partial charge in [0.1, 0.15) is 0 Å².